The average molecular weight is 384 g/mol. The van der Waals surface area contributed by atoms with Gasteiger partial charge in [0.05, 0.1) is 17.8 Å². The Bertz CT molecular complexity index is 751. The summed E-state index contributed by atoms with van der Waals surface area (Å²) in [4.78, 5) is 25.4. The number of hydrogen-bond acceptors (Lipinski definition) is 6. The van der Waals surface area contributed by atoms with Crippen LogP contribution in [0.15, 0.2) is 42.7 Å². The van der Waals surface area contributed by atoms with Crippen molar-refractivity contribution >= 4 is 11.7 Å². The Balaban J connectivity index is 1.47. The summed E-state index contributed by atoms with van der Waals surface area (Å²) >= 11 is 0. The van der Waals surface area contributed by atoms with Gasteiger partial charge in [0.1, 0.15) is 12.4 Å². The van der Waals surface area contributed by atoms with Crippen LogP contribution < -0.4 is 9.64 Å². The van der Waals surface area contributed by atoms with Gasteiger partial charge in [-0.25, -0.2) is 9.97 Å². The fraction of sp³-hybridized carbons (Fsp3) is 0.476. The molecule has 1 aliphatic rings. The zero-order chi connectivity index (χ0) is 20.0. The molecule has 0 N–H and O–H groups in total. The van der Waals surface area contributed by atoms with Gasteiger partial charge in [0.2, 0.25) is 5.88 Å². The predicted octanol–water partition coefficient (Wildman–Crippen LogP) is 2.63. The van der Waals surface area contributed by atoms with Crippen molar-refractivity contribution in [3.63, 3.8) is 0 Å². The van der Waals surface area contributed by atoms with Crippen LogP contribution in [-0.2, 0) is 4.74 Å². The molecule has 1 amide bonds. The first-order chi connectivity index (χ1) is 13.4. The van der Waals surface area contributed by atoms with Crippen molar-refractivity contribution in [2.75, 3.05) is 44.3 Å². The van der Waals surface area contributed by atoms with Crippen LogP contribution in [-0.4, -0.2) is 65.8 Å². The number of anilines is 1. The molecule has 2 aromatic heterocycles. The van der Waals surface area contributed by atoms with Crippen LogP contribution in [0, 0.1) is 0 Å². The Morgan fingerprint density at radius 1 is 1.04 bits per heavy atom. The van der Waals surface area contributed by atoms with Crippen LogP contribution in [0.3, 0.4) is 0 Å². The molecule has 150 valence electrons. The fourth-order valence-electron chi connectivity index (χ4n) is 2.95. The number of ether oxygens (including phenoxy) is 2. The van der Waals surface area contributed by atoms with Gasteiger partial charge in [0.15, 0.2) is 0 Å². The third-order valence-corrected chi connectivity index (χ3v) is 4.39. The number of amides is 1. The van der Waals surface area contributed by atoms with Crippen molar-refractivity contribution in [2.45, 2.75) is 26.4 Å². The summed E-state index contributed by atoms with van der Waals surface area (Å²) < 4.78 is 11.2. The van der Waals surface area contributed by atoms with Crippen molar-refractivity contribution in [3.05, 3.63) is 48.3 Å². The average Bonchev–Trinajstić information content (AvgIpc) is 2.71. The summed E-state index contributed by atoms with van der Waals surface area (Å²) in [7, 11) is 0. The van der Waals surface area contributed by atoms with E-state index in [1.165, 1.54) is 0 Å². The highest BCUT2D eigenvalue weighted by Gasteiger charge is 2.23. The van der Waals surface area contributed by atoms with Gasteiger partial charge in [-0.1, -0.05) is 6.07 Å². The zero-order valence-electron chi connectivity index (χ0n) is 16.8. The molecule has 7 nitrogen and oxygen atoms in total. The van der Waals surface area contributed by atoms with E-state index in [4.69, 9.17) is 9.47 Å². The second kappa shape index (κ2) is 9.01. The largest absolute Gasteiger partial charge is 0.475 e. The molecule has 28 heavy (non-hydrogen) atoms. The minimum atomic E-state index is -0.187. The standard InChI is InChI=1S/C21H28N4O3/c1-21(2,3)28-15-14-27-19-8-7-17(16-23-19)20(26)25-12-10-24(11-13-25)18-6-4-5-9-22-18/h4-9,16H,10-15H2,1-3H3. The van der Waals surface area contributed by atoms with E-state index in [-0.39, 0.29) is 11.5 Å². The number of pyridine rings is 2. The Labute approximate surface area is 166 Å². The molecule has 1 saturated heterocycles. The van der Waals surface area contributed by atoms with Gasteiger partial charge < -0.3 is 19.3 Å². The lowest BCUT2D eigenvalue weighted by molar-refractivity contribution is -0.0168. The lowest BCUT2D eigenvalue weighted by Gasteiger charge is -2.35. The Morgan fingerprint density at radius 2 is 1.82 bits per heavy atom. The Hall–Kier alpha value is -2.67. The van der Waals surface area contributed by atoms with Crippen molar-refractivity contribution < 1.29 is 14.3 Å². The number of aromatic nitrogens is 2. The van der Waals surface area contributed by atoms with Gasteiger partial charge in [-0.2, -0.15) is 0 Å². The molecule has 0 radical (unpaired) electrons. The lowest BCUT2D eigenvalue weighted by atomic mass is 10.2. The van der Waals surface area contributed by atoms with E-state index >= 15 is 0 Å². The van der Waals surface area contributed by atoms with Crippen LogP contribution in [0.4, 0.5) is 5.82 Å². The maximum atomic E-state index is 12.7. The van der Waals surface area contributed by atoms with E-state index in [0.717, 1.165) is 18.9 Å². The molecule has 2 aromatic rings. The van der Waals surface area contributed by atoms with Crippen LogP contribution in [0.25, 0.3) is 0 Å². The first-order valence-corrected chi connectivity index (χ1v) is 9.60. The van der Waals surface area contributed by atoms with Crippen LogP contribution in [0.2, 0.25) is 0 Å². The molecule has 0 bridgehead atoms. The van der Waals surface area contributed by atoms with E-state index in [1.807, 2.05) is 43.9 Å². The maximum absolute atomic E-state index is 12.7. The Kier molecular flexibility index (Phi) is 6.46. The first-order valence-electron chi connectivity index (χ1n) is 9.60. The van der Waals surface area contributed by atoms with Crippen molar-refractivity contribution in [1.82, 2.24) is 14.9 Å². The summed E-state index contributed by atoms with van der Waals surface area (Å²) in [6, 6.07) is 9.37. The third kappa shape index (κ3) is 5.66. The number of hydrogen-bond donors (Lipinski definition) is 0. The second-order valence-electron chi connectivity index (χ2n) is 7.66. The third-order valence-electron chi connectivity index (χ3n) is 4.39. The molecular formula is C21H28N4O3. The van der Waals surface area contributed by atoms with Gasteiger partial charge in [0.25, 0.3) is 5.91 Å². The fourth-order valence-corrected chi connectivity index (χ4v) is 2.95. The minimum absolute atomic E-state index is 0.00390. The second-order valence-corrected chi connectivity index (χ2v) is 7.66. The van der Waals surface area contributed by atoms with Gasteiger partial charge >= 0.3 is 0 Å². The molecule has 3 rings (SSSR count). The highest BCUT2D eigenvalue weighted by atomic mass is 16.5. The topological polar surface area (TPSA) is 67.8 Å². The van der Waals surface area contributed by atoms with Gasteiger partial charge in [-0.05, 0) is 39.0 Å². The van der Waals surface area contributed by atoms with E-state index in [1.54, 1.807) is 24.5 Å². The maximum Gasteiger partial charge on any atom is 0.255 e. The number of carbonyl (C=O) groups excluding carboxylic acids is 1. The Morgan fingerprint density at radius 3 is 2.43 bits per heavy atom. The molecule has 0 atom stereocenters. The summed E-state index contributed by atoms with van der Waals surface area (Å²) in [5, 5.41) is 0. The quantitative estimate of drug-likeness (QED) is 0.714. The number of rotatable bonds is 6. The molecular weight excluding hydrogens is 356 g/mol. The lowest BCUT2D eigenvalue weighted by Crippen LogP contribution is -2.49. The zero-order valence-corrected chi connectivity index (χ0v) is 16.8. The van der Waals surface area contributed by atoms with Crippen LogP contribution >= 0.6 is 0 Å². The van der Waals surface area contributed by atoms with Crippen molar-refractivity contribution in [1.29, 1.82) is 0 Å². The number of piperazine rings is 1. The summed E-state index contributed by atoms with van der Waals surface area (Å²) in [5.41, 5.74) is 0.387. The van der Waals surface area contributed by atoms with Crippen LogP contribution in [0.5, 0.6) is 5.88 Å². The first kappa shape index (κ1) is 20.1. The molecule has 1 fully saturated rings. The highest BCUT2D eigenvalue weighted by Crippen LogP contribution is 2.15. The highest BCUT2D eigenvalue weighted by molar-refractivity contribution is 5.94. The SMILES string of the molecule is CC(C)(C)OCCOc1ccc(C(=O)N2CCN(c3ccccn3)CC2)cn1. The minimum Gasteiger partial charge on any atom is -0.475 e. The number of carbonyl (C=O) groups is 1. The van der Waals surface area contributed by atoms with E-state index in [0.29, 0.717) is 37.7 Å². The van der Waals surface area contributed by atoms with Gasteiger partial charge in [-0.15, -0.1) is 0 Å². The van der Waals surface area contributed by atoms with Gasteiger partial charge in [-0.3, -0.25) is 4.79 Å². The summed E-state index contributed by atoms with van der Waals surface area (Å²) in [5.74, 6) is 1.44. The van der Waals surface area contributed by atoms with Crippen molar-refractivity contribution in [2.24, 2.45) is 0 Å². The summed E-state index contributed by atoms with van der Waals surface area (Å²) in [6.45, 7) is 9.79. The van der Waals surface area contributed by atoms with Gasteiger partial charge in [0, 0.05) is 44.6 Å². The molecule has 0 unspecified atom stereocenters. The molecule has 0 aliphatic carbocycles. The molecule has 0 spiro atoms. The molecule has 0 aromatic carbocycles. The smallest absolute Gasteiger partial charge is 0.255 e. The molecule has 0 saturated carbocycles. The van der Waals surface area contributed by atoms with Crippen LogP contribution in [0.1, 0.15) is 31.1 Å². The van der Waals surface area contributed by atoms with E-state index in [9.17, 15) is 4.79 Å². The normalized spacial score (nSPS) is 14.8. The van der Waals surface area contributed by atoms with E-state index < -0.39 is 0 Å². The summed E-state index contributed by atoms with van der Waals surface area (Å²) in [6.07, 6.45) is 3.37. The van der Waals surface area contributed by atoms with Crippen molar-refractivity contribution in [3.8, 4) is 5.88 Å². The predicted molar refractivity (Wildman–Crippen MR) is 108 cm³/mol. The van der Waals surface area contributed by atoms with E-state index in [2.05, 4.69) is 14.9 Å². The monoisotopic (exact) mass is 384 g/mol. The molecule has 7 heteroatoms. The molecule has 3 heterocycles. The number of nitrogens with zero attached hydrogens (tertiary/aromatic N) is 4. The molecule has 1 aliphatic heterocycles.